The Morgan fingerprint density at radius 1 is 1.50 bits per heavy atom. The molecule has 6 heteroatoms. The van der Waals surface area contributed by atoms with Crippen LogP contribution < -0.4 is 4.74 Å². The second kappa shape index (κ2) is 4.90. The van der Waals surface area contributed by atoms with Crippen LogP contribution in [0, 0.1) is 0 Å². The predicted molar refractivity (Wildman–Crippen MR) is 72.2 cm³/mol. The average Bonchev–Trinajstić information content (AvgIpc) is 2.95. The maximum atomic E-state index is 5.97. The van der Waals surface area contributed by atoms with Crippen LogP contribution in [0.15, 0.2) is 24.4 Å². The number of ether oxygens (including phenoxy) is 1. The lowest BCUT2D eigenvalue weighted by Crippen LogP contribution is -2.21. The Morgan fingerprint density at radius 3 is 3.17 bits per heavy atom. The topological polar surface area (TPSA) is 39.9 Å². The van der Waals surface area contributed by atoms with Crippen LogP contribution >= 0.6 is 27.5 Å². The van der Waals surface area contributed by atoms with Crippen molar-refractivity contribution < 1.29 is 4.74 Å². The van der Waals surface area contributed by atoms with E-state index in [0.29, 0.717) is 11.9 Å². The van der Waals surface area contributed by atoms with E-state index in [2.05, 4.69) is 26.2 Å². The van der Waals surface area contributed by atoms with Gasteiger partial charge in [-0.1, -0.05) is 32.7 Å². The quantitative estimate of drug-likeness (QED) is 0.814. The summed E-state index contributed by atoms with van der Waals surface area (Å²) in [5, 5.41) is 9.56. The Kier molecular flexibility index (Phi) is 3.26. The fourth-order valence-electron chi connectivity index (χ4n) is 2.09. The molecule has 0 spiro atoms. The van der Waals surface area contributed by atoms with Gasteiger partial charge in [-0.2, -0.15) is 0 Å². The Morgan fingerprint density at radius 2 is 2.39 bits per heavy atom. The molecule has 4 nitrogen and oxygen atoms in total. The van der Waals surface area contributed by atoms with Crippen molar-refractivity contribution in [2.75, 3.05) is 0 Å². The molecule has 18 heavy (non-hydrogen) atoms. The van der Waals surface area contributed by atoms with Crippen molar-refractivity contribution in [1.29, 1.82) is 0 Å². The third-order valence-corrected chi connectivity index (χ3v) is 3.69. The number of rotatable bonds is 3. The lowest BCUT2D eigenvalue weighted by atomic mass is 10.1. The van der Waals surface area contributed by atoms with E-state index in [1.165, 1.54) is 0 Å². The largest absolute Gasteiger partial charge is 0.488 e. The van der Waals surface area contributed by atoms with E-state index in [1.807, 2.05) is 29.1 Å². The molecular weight excluding hydrogens is 318 g/mol. The fourth-order valence-corrected chi connectivity index (χ4v) is 2.54. The van der Waals surface area contributed by atoms with Gasteiger partial charge in [0.25, 0.3) is 0 Å². The van der Waals surface area contributed by atoms with Crippen LogP contribution in [0.1, 0.15) is 11.3 Å². The predicted octanol–water partition coefficient (Wildman–Crippen LogP) is 2.83. The number of hydrogen-bond donors (Lipinski definition) is 0. The lowest BCUT2D eigenvalue weighted by molar-refractivity contribution is 0.202. The summed E-state index contributed by atoms with van der Waals surface area (Å²) in [6.07, 6.45) is 2.89. The van der Waals surface area contributed by atoms with Crippen molar-refractivity contribution in [3.8, 4) is 5.75 Å². The highest BCUT2D eigenvalue weighted by Crippen LogP contribution is 2.31. The Balaban J connectivity index is 1.70. The van der Waals surface area contributed by atoms with Gasteiger partial charge in [-0.15, -0.1) is 5.10 Å². The Bertz CT molecular complexity index is 572. The molecule has 1 aliphatic rings. The second-order valence-electron chi connectivity index (χ2n) is 4.26. The lowest BCUT2D eigenvalue weighted by Gasteiger charge is -2.09. The van der Waals surface area contributed by atoms with E-state index >= 15 is 0 Å². The highest BCUT2D eigenvalue weighted by molar-refractivity contribution is 9.08. The van der Waals surface area contributed by atoms with Gasteiger partial charge in [-0.3, -0.25) is 0 Å². The van der Waals surface area contributed by atoms with Gasteiger partial charge in [-0.05, 0) is 23.8 Å². The molecule has 0 bridgehead atoms. The number of alkyl halides is 1. The van der Waals surface area contributed by atoms with Crippen molar-refractivity contribution in [2.24, 2.45) is 0 Å². The van der Waals surface area contributed by atoms with Gasteiger partial charge in [-0.25, -0.2) is 4.68 Å². The molecule has 0 amide bonds. The Labute approximate surface area is 118 Å². The van der Waals surface area contributed by atoms with Crippen molar-refractivity contribution in [3.05, 3.63) is 40.7 Å². The van der Waals surface area contributed by atoms with Crippen molar-refractivity contribution >= 4 is 27.5 Å². The maximum absolute atomic E-state index is 5.97. The van der Waals surface area contributed by atoms with Gasteiger partial charge >= 0.3 is 0 Å². The van der Waals surface area contributed by atoms with Crippen LogP contribution in [0.4, 0.5) is 0 Å². The zero-order valence-corrected chi connectivity index (χ0v) is 11.9. The summed E-state index contributed by atoms with van der Waals surface area (Å²) in [6.45, 7) is 0.701. The molecular formula is C12H11BrClN3O. The molecule has 0 saturated heterocycles. The van der Waals surface area contributed by atoms with Gasteiger partial charge in [0.2, 0.25) is 0 Å². The molecule has 2 heterocycles. The SMILES string of the molecule is Clc1ccc2c(c1)CC(Cn1cc(CBr)nn1)O2. The minimum absolute atomic E-state index is 0.100. The summed E-state index contributed by atoms with van der Waals surface area (Å²) in [7, 11) is 0. The van der Waals surface area contributed by atoms with E-state index in [9.17, 15) is 0 Å². The maximum Gasteiger partial charge on any atom is 0.123 e. The second-order valence-corrected chi connectivity index (χ2v) is 5.26. The first-order chi connectivity index (χ1) is 8.74. The van der Waals surface area contributed by atoms with Crippen LogP contribution in [-0.4, -0.2) is 21.1 Å². The van der Waals surface area contributed by atoms with Crippen LogP contribution in [0.5, 0.6) is 5.75 Å². The van der Waals surface area contributed by atoms with Gasteiger partial charge in [0.05, 0.1) is 12.2 Å². The number of aromatic nitrogens is 3. The van der Waals surface area contributed by atoms with Gasteiger partial charge < -0.3 is 4.74 Å². The minimum atomic E-state index is 0.100. The molecule has 1 atom stereocenters. The van der Waals surface area contributed by atoms with Crippen molar-refractivity contribution in [3.63, 3.8) is 0 Å². The molecule has 1 aliphatic heterocycles. The summed E-state index contributed by atoms with van der Waals surface area (Å²) in [4.78, 5) is 0. The number of hydrogen-bond acceptors (Lipinski definition) is 3. The van der Waals surface area contributed by atoms with Crippen molar-refractivity contribution in [1.82, 2.24) is 15.0 Å². The van der Waals surface area contributed by atoms with Gasteiger partial charge in [0.15, 0.2) is 0 Å². The first-order valence-corrected chi connectivity index (χ1v) is 7.14. The molecule has 0 radical (unpaired) electrons. The van der Waals surface area contributed by atoms with Crippen LogP contribution in [0.25, 0.3) is 0 Å². The smallest absolute Gasteiger partial charge is 0.123 e. The molecule has 3 rings (SSSR count). The zero-order valence-electron chi connectivity index (χ0n) is 9.51. The van der Waals surface area contributed by atoms with E-state index in [-0.39, 0.29) is 6.10 Å². The first kappa shape index (κ1) is 12.0. The van der Waals surface area contributed by atoms with E-state index in [0.717, 1.165) is 28.5 Å². The third-order valence-electron chi connectivity index (χ3n) is 2.88. The number of nitrogens with zero attached hydrogens (tertiary/aromatic N) is 3. The molecule has 0 aliphatic carbocycles. The molecule has 2 aromatic rings. The highest BCUT2D eigenvalue weighted by atomic mass is 79.9. The Hall–Kier alpha value is -1.07. The number of benzene rings is 1. The van der Waals surface area contributed by atoms with E-state index < -0.39 is 0 Å². The molecule has 1 aromatic carbocycles. The normalized spacial score (nSPS) is 17.6. The summed E-state index contributed by atoms with van der Waals surface area (Å²) in [6, 6.07) is 5.73. The highest BCUT2D eigenvalue weighted by Gasteiger charge is 2.23. The number of halogens is 2. The number of fused-ring (bicyclic) bond motifs is 1. The molecule has 0 saturated carbocycles. The first-order valence-electron chi connectivity index (χ1n) is 5.64. The molecule has 0 fully saturated rings. The summed E-state index contributed by atoms with van der Waals surface area (Å²) in [5.74, 6) is 0.922. The van der Waals surface area contributed by atoms with E-state index in [4.69, 9.17) is 16.3 Å². The average molecular weight is 329 g/mol. The molecule has 1 unspecified atom stereocenters. The van der Waals surface area contributed by atoms with Crippen LogP contribution in [0.2, 0.25) is 5.02 Å². The zero-order chi connectivity index (χ0) is 12.5. The molecule has 0 N–H and O–H groups in total. The van der Waals surface area contributed by atoms with Gasteiger partial charge in [0, 0.05) is 23.0 Å². The minimum Gasteiger partial charge on any atom is -0.488 e. The van der Waals surface area contributed by atoms with Gasteiger partial charge in [0.1, 0.15) is 11.9 Å². The summed E-state index contributed by atoms with van der Waals surface area (Å²) >= 11 is 9.32. The fraction of sp³-hybridized carbons (Fsp3) is 0.333. The third kappa shape index (κ3) is 2.37. The van der Waals surface area contributed by atoms with Crippen LogP contribution in [0.3, 0.4) is 0 Å². The van der Waals surface area contributed by atoms with E-state index in [1.54, 1.807) is 0 Å². The summed E-state index contributed by atoms with van der Waals surface area (Å²) < 4.78 is 7.66. The van der Waals surface area contributed by atoms with Crippen LogP contribution in [-0.2, 0) is 18.3 Å². The summed E-state index contributed by atoms with van der Waals surface area (Å²) in [5.41, 5.74) is 2.09. The standard InChI is InChI=1S/C12H11BrClN3O/c13-5-10-6-17(16-15-10)7-11-4-8-3-9(14)1-2-12(8)18-11/h1-3,6,11H,4-5,7H2. The molecule has 1 aromatic heterocycles. The van der Waals surface area contributed by atoms with Crippen molar-refractivity contribution in [2.45, 2.75) is 24.4 Å². The molecule has 94 valence electrons. The monoisotopic (exact) mass is 327 g/mol.